The van der Waals surface area contributed by atoms with Gasteiger partial charge in [-0.1, -0.05) is 0 Å². The van der Waals surface area contributed by atoms with Gasteiger partial charge in [0.1, 0.15) is 7.05 Å². The third kappa shape index (κ3) is 3.28. The van der Waals surface area contributed by atoms with Crippen LogP contribution in [0.3, 0.4) is 0 Å². The maximum absolute atomic E-state index is 3.53. The zero-order valence-corrected chi connectivity index (χ0v) is 4.02. The fraction of sp³-hybridized carbons (Fsp3) is 0.200. The molecule has 0 aliphatic rings. The molecule has 0 aliphatic carbocycles. The highest BCUT2D eigenvalue weighted by Gasteiger charge is 1.68. The van der Waals surface area contributed by atoms with Crippen molar-refractivity contribution in [1.29, 1.82) is 0 Å². The molecule has 34 valence electrons. The maximum atomic E-state index is 3.53. The Labute approximate surface area is 38.6 Å². The van der Waals surface area contributed by atoms with Gasteiger partial charge in [-0.3, -0.25) is 0 Å². The van der Waals surface area contributed by atoms with Crippen molar-refractivity contribution in [2.45, 2.75) is 0 Å². The largest absolute Gasteiger partial charge is 0.319 e. The van der Waals surface area contributed by atoms with Crippen molar-refractivity contribution in [2.24, 2.45) is 0 Å². The summed E-state index contributed by atoms with van der Waals surface area (Å²) in [5.74, 6) is 0. The summed E-state index contributed by atoms with van der Waals surface area (Å²) in [4.78, 5) is 0. The summed E-state index contributed by atoms with van der Waals surface area (Å²) in [5, 5.41) is 0. The van der Waals surface area contributed by atoms with Gasteiger partial charge in [-0.15, -0.1) is 6.08 Å². The third-order valence-corrected chi connectivity index (χ3v) is 0.360. The standard InChI is InChI=1S/C5H9N/c1-4-5-6(2)3/h4-5H,1-2H2,3H3. The molecule has 0 fully saturated rings. The predicted molar refractivity (Wildman–Crippen MR) is 27.8 cm³/mol. The SMILES string of the molecule is C=C[CH-][N+](=C)C. The summed E-state index contributed by atoms with van der Waals surface area (Å²) < 4.78 is 1.69. The first-order valence-electron chi connectivity index (χ1n) is 1.76. The first-order valence-corrected chi connectivity index (χ1v) is 1.76. The van der Waals surface area contributed by atoms with Gasteiger partial charge in [0.2, 0.25) is 0 Å². The van der Waals surface area contributed by atoms with E-state index in [1.165, 1.54) is 0 Å². The van der Waals surface area contributed by atoms with Gasteiger partial charge in [0.15, 0.2) is 0 Å². The van der Waals surface area contributed by atoms with Gasteiger partial charge in [-0.2, -0.15) is 6.58 Å². The zero-order chi connectivity index (χ0) is 4.99. The van der Waals surface area contributed by atoms with Crippen LogP contribution in [-0.2, 0) is 0 Å². The highest BCUT2D eigenvalue weighted by molar-refractivity contribution is 5.15. The summed E-state index contributed by atoms with van der Waals surface area (Å²) in [6.45, 7) is 8.78. The Morgan fingerprint density at radius 2 is 2.33 bits per heavy atom. The van der Waals surface area contributed by atoms with Crippen LogP contribution in [0.15, 0.2) is 12.7 Å². The molecule has 1 heteroatoms. The average molecular weight is 83.1 g/mol. The van der Waals surface area contributed by atoms with Crippen molar-refractivity contribution >= 4 is 6.72 Å². The lowest BCUT2D eigenvalue weighted by molar-refractivity contribution is -0.437. The van der Waals surface area contributed by atoms with E-state index < -0.39 is 0 Å². The van der Waals surface area contributed by atoms with Gasteiger partial charge in [0.05, 0.1) is 6.54 Å². The summed E-state index contributed by atoms with van der Waals surface area (Å²) >= 11 is 0. The molecule has 0 aromatic rings. The Morgan fingerprint density at radius 1 is 1.83 bits per heavy atom. The van der Waals surface area contributed by atoms with E-state index in [1.54, 1.807) is 17.2 Å². The van der Waals surface area contributed by atoms with Crippen LogP contribution in [0, 0.1) is 6.54 Å². The van der Waals surface area contributed by atoms with Crippen molar-refractivity contribution in [1.82, 2.24) is 0 Å². The van der Waals surface area contributed by atoms with E-state index in [0.29, 0.717) is 0 Å². The van der Waals surface area contributed by atoms with Crippen LogP contribution < -0.4 is 0 Å². The van der Waals surface area contributed by atoms with Crippen LogP contribution >= 0.6 is 0 Å². The van der Waals surface area contributed by atoms with E-state index >= 15 is 0 Å². The summed E-state index contributed by atoms with van der Waals surface area (Å²) in [5.41, 5.74) is 0. The molecule has 0 unspecified atom stereocenters. The van der Waals surface area contributed by atoms with Gasteiger partial charge in [-0.05, 0) is 0 Å². The topological polar surface area (TPSA) is 3.01 Å². The third-order valence-electron chi connectivity index (χ3n) is 0.360. The van der Waals surface area contributed by atoms with Crippen molar-refractivity contribution in [2.75, 3.05) is 7.05 Å². The van der Waals surface area contributed by atoms with Crippen molar-refractivity contribution in [3.63, 3.8) is 0 Å². The van der Waals surface area contributed by atoms with Crippen LogP contribution in [0.5, 0.6) is 0 Å². The molecule has 0 spiro atoms. The average Bonchev–Trinajstić information content (AvgIpc) is 1.35. The molecule has 0 rings (SSSR count). The fourth-order valence-electron chi connectivity index (χ4n) is 0.180. The molecule has 0 atom stereocenters. The second-order valence-corrected chi connectivity index (χ2v) is 1.14. The highest BCUT2D eigenvalue weighted by Crippen LogP contribution is 1.70. The van der Waals surface area contributed by atoms with E-state index in [4.69, 9.17) is 0 Å². The van der Waals surface area contributed by atoms with E-state index in [0.717, 1.165) is 0 Å². The Kier molecular flexibility index (Phi) is 2.21. The summed E-state index contributed by atoms with van der Waals surface area (Å²) in [7, 11) is 1.85. The maximum Gasteiger partial charge on any atom is 0.114 e. The molecule has 0 aromatic heterocycles. The van der Waals surface area contributed by atoms with Gasteiger partial charge < -0.3 is 4.58 Å². The second kappa shape index (κ2) is 2.51. The molecular formula is C5H9N. The van der Waals surface area contributed by atoms with Crippen molar-refractivity contribution < 1.29 is 4.58 Å². The smallest absolute Gasteiger partial charge is 0.114 e. The lowest BCUT2D eigenvalue weighted by Gasteiger charge is -1.88. The van der Waals surface area contributed by atoms with E-state index in [-0.39, 0.29) is 0 Å². The predicted octanol–water partition coefficient (Wildman–Crippen LogP) is 0.677. The lowest BCUT2D eigenvalue weighted by atomic mass is 10.6. The van der Waals surface area contributed by atoms with Crippen molar-refractivity contribution in [3.05, 3.63) is 19.2 Å². The normalized spacial score (nSPS) is 6.83. The first-order chi connectivity index (χ1) is 2.77. The molecule has 0 bridgehead atoms. The molecule has 0 amide bonds. The molecule has 0 saturated heterocycles. The van der Waals surface area contributed by atoms with Crippen LogP contribution in [-0.4, -0.2) is 18.3 Å². The van der Waals surface area contributed by atoms with E-state index in [2.05, 4.69) is 13.3 Å². The van der Waals surface area contributed by atoms with Crippen LogP contribution in [0.1, 0.15) is 0 Å². The monoisotopic (exact) mass is 83.1 g/mol. The number of likely N-dealkylation sites (N-methyl/N-ethyl adjacent to an activating group) is 1. The quantitative estimate of drug-likeness (QED) is 0.262. The molecule has 0 N–H and O–H groups in total. The Balaban J connectivity index is 3.05. The van der Waals surface area contributed by atoms with Crippen molar-refractivity contribution in [3.8, 4) is 0 Å². The number of nitrogens with zero attached hydrogens (tertiary/aromatic N) is 1. The summed E-state index contributed by atoms with van der Waals surface area (Å²) in [6, 6.07) is 0. The molecule has 0 aromatic carbocycles. The lowest BCUT2D eigenvalue weighted by Crippen LogP contribution is -1.92. The Morgan fingerprint density at radius 3 is 2.33 bits per heavy atom. The Hall–Kier alpha value is -0.720. The molecule has 0 radical (unpaired) electrons. The van der Waals surface area contributed by atoms with E-state index in [1.807, 2.05) is 7.05 Å². The van der Waals surface area contributed by atoms with Crippen LogP contribution in [0.2, 0.25) is 0 Å². The van der Waals surface area contributed by atoms with Gasteiger partial charge >= 0.3 is 0 Å². The van der Waals surface area contributed by atoms with Gasteiger partial charge in [0.25, 0.3) is 0 Å². The molecule has 0 heterocycles. The second-order valence-electron chi connectivity index (χ2n) is 1.14. The van der Waals surface area contributed by atoms with Gasteiger partial charge in [-0.25, -0.2) is 0 Å². The molecule has 0 aliphatic heterocycles. The molecule has 1 nitrogen and oxygen atoms in total. The number of rotatable bonds is 2. The summed E-state index contributed by atoms with van der Waals surface area (Å²) in [6.07, 6.45) is 1.69. The van der Waals surface area contributed by atoms with Gasteiger partial charge in [0, 0.05) is 6.72 Å². The first kappa shape index (κ1) is 5.28. The van der Waals surface area contributed by atoms with Crippen LogP contribution in [0.4, 0.5) is 0 Å². The number of hydrogen-bond donors (Lipinski definition) is 0. The minimum atomic E-state index is 1.69. The molecular weight excluding hydrogens is 74.1 g/mol. The number of hydrogen-bond acceptors (Lipinski definition) is 0. The Bertz CT molecular complexity index is 64.3. The van der Waals surface area contributed by atoms with Crippen LogP contribution in [0.25, 0.3) is 0 Å². The fourth-order valence-corrected chi connectivity index (χ4v) is 0.180. The minimum absolute atomic E-state index is 1.69. The van der Waals surface area contributed by atoms with E-state index in [9.17, 15) is 0 Å². The highest BCUT2D eigenvalue weighted by atomic mass is 14.9. The molecule has 0 saturated carbocycles. The molecule has 6 heavy (non-hydrogen) atoms. The minimum Gasteiger partial charge on any atom is -0.319 e. The zero-order valence-electron chi connectivity index (χ0n) is 4.02.